The van der Waals surface area contributed by atoms with Crippen LogP contribution in [0.15, 0.2) is 78.9 Å². The number of anilines is 1. The number of ether oxygens (including phenoxy) is 1. The van der Waals surface area contributed by atoms with E-state index in [4.69, 9.17) is 4.74 Å². The standard InChI is InChI=1S/C25H23NO/c1-27-24-16-17-25-22(18-24)13-15-23(14-12-20-8-4-2-5-9-20)26(25)19-21-10-6-3-7-11-21/h2-11,16-18,23H,13,15,19H2,1H3. The average molecular weight is 353 g/mol. The van der Waals surface area contributed by atoms with Crippen LogP contribution in [-0.4, -0.2) is 13.2 Å². The first-order valence-electron chi connectivity index (χ1n) is 9.37. The third-order valence-corrected chi connectivity index (χ3v) is 5.01. The molecule has 1 unspecified atom stereocenters. The first kappa shape index (κ1) is 17.2. The van der Waals surface area contributed by atoms with Gasteiger partial charge in [-0.05, 0) is 54.3 Å². The number of fused-ring (bicyclic) bond motifs is 1. The van der Waals surface area contributed by atoms with Crippen LogP contribution in [0.25, 0.3) is 0 Å². The Bertz CT molecular complexity index is 954. The Morgan fingerprint density at radius 3 is 2.44 bits per heavy atom. The Kier molecular flexibility index (Phi) is 5.12. The Hall–Kier alpha value is -3.18. The summed E-state index contributed by atoms with van der Waals surface area (Å²) in [5, 5.41) is 0. The smallest absolute Gasteiger partial charge is 0.119 e. The predicted octanol–water partition coefficient (Wildman–Crippen LogP) is 5.07. The lowest BCUT2D eigenvalue weighted by molar-refractivity contribution is 0.413. The van der Waals surface area contributed by atoms with Crippen LogP contribution in [0.2, 0.25) is 0 Å². The summed E-state index contributed by atoms with van der Waals surface area (Å²) in [6.45, 7) is 0.855. The molecule has 0 amide bonds. The molecular formula is C25H23NO. The van der Waals surface area contributed by atoms with Gasteiger partial charge in [-0.1, -0.05) is 60.4 Å². The Labute approximate surface area is 161 Å². The molecule has 0 aliphatic carbocycles. The zero-order valence-corrected chi connectivity index (χ0v) is 15.6. The van der Waals surface area contributed by atoms with Crippen molar-refractivity contribution in [3.8, 4) is 17.6 Å². The molecular weight excluding hydrogens is 330 g/mol. The second-order valence-electron chi connectivity index (χ2n) is 6.80. The van der Waals surface area contributed by atoms with Crippen molar-refractivity contribution in [2.45, 2.75) is 25.4 Å². The maximum atomic E-state index is 5.42. The van der Waals surface area contributed by atoms with E-state index >= 15 is 0 Å². The lowest BCUT2D eigenvalue weighted by Gasteiger charge is -2.36. The quantitative estimate of drug-likeness (QED) is 0.610. The fraction of sp³-hybridized carbons (Fsp3) is 0.200. The Morgan fingerprint density at radius 1 is 0.963 bits per heavy atom. The van der Waals surface area contributed by atoms with E-state index < -0.39 is 0 Å². The van der Waals surface area contributed by atoms with Gasteiger partial charge in [0.15, 0.2) is 0 Å². The molecule has 3 aromatic carbocycles. The molecule has 1 aliphatic rings. The highest BCUT2D eigenvalue weighted by molar-refractivity contribution is 5.61. The highest BCUT2D eigenvalue weighted by Crippen LogP contribution is 2.34. The van der Waals surface area contributed by atoms with Gasteiger partial charge in [0.25, 0.3) is 0 Å². The number of hydrogen-bond acceptors (Lipinski definition) is 2. The summed E-state index contributed by atoms with van der Waals surface area (Å²) < 4.78 is 5.42. The molecule has 0 bridgehead atoms. The third kappa shape index (κ3) is 3.99. The van der Waals surface area contributed by atoms with Crippen molar-refractivity contribution in [2.75, 3.05) is 12.0 Å². The molecule has 134 valence electrons. The van der Waals surface area contributed by atoms with E-state index in [1.165, 1.54) is 16.8 Å². The van der Waals surface area contributed by atoms with Crippen LogP contribution >= 0.6 is 0 Å². The third-order valence-electron chi connectivity index (χ3n) is 5.01. The molecule has 1 aliphatic heterocycles. The number of rotatable bonds is 3. The van der Waals surface area contributed by atoms with Gasteiger partial charge in [-0.3, -0.25) is 0 Å². The largest absolute Gasteiger partial charge is 0.497 e. The van der Waals surface area contributed by atoms with Crippen molar-refractivity contribution in [1.82, 2.24) is 0 Å². The van der Waals surface area contributed by atoms with Crippen LogP contribution in [0, 0.1) is 11.8 Å². The monoisotopic (exact) mass is 353 g/mol. The summed E-state index contributed by atoms with van der Waals surface area (Å²) in [5.74, 6) is 7.81. The van der Waals surface area contributed by atoms with Crippen molar-refractivity contribution in [3.63, 3.8) is 0 Å². The number of aryl methyl sites for hydroxylation is 1. The molecule has 0 fully saturated rings. The van der Waals surface area contributed by atoms with E-state index in [0.717, 1.165) is 30.7 Å². The SMILES string of the molecule is COc1ccc2c(c1)CCC(C#Cc1ccccc1)N2Cc1ccccc1. The topological polar surface area (TPSA) is 12.5 Å². The molecule has 3 aromatic rings. The van der Waals surface area contributed by atoms with Gasteiger partial charge < -0.3 is 9.64 Å². The molecule has 4 rings (SSSR count). The molecule has 0 radical (unpaired) electrons. The first-order chi connectivity index (χ1) is 13.3. The zero-order chi connectivity index (χ0) is 18.5. The maximum Gasteiger partial charge on any atom is 0.119 e. The van der Waals surface area contributed by atoms with Crippen molar-refractivity contribution in [2.24, 2.45) is 0 Å². The van der Waals surface area contributed by atoms with Gasteiger partial charge in [0.2, 0.25) is 0 Å². The second kappa shape index (κ2) is 8.01. The minimum atomic E-state index is 0.200. The molecule has 1 atom stereocenters. The van der Waals surface area contributed by atoms with Crippen LogP contribution in [0.1, 0.15) is 23.1 Å². The summed E-state index contributed by atoms with van der Waals surface area (Å²) in [5.41, 5.74) is 4.96. The molecule has 27 heavy (non-hydrogen) atoms. The summed E-state index contributed by atoms with van der Waals surface area (Å²) in [6.07, 6.45) is 2.04. The highest BCUT2D eigenvalue weighted by atomic mass is 16.5. The average Bonchev–Trinajstić information content (AvgIpc) is 2.74. The van der Waals surface area contributed by atoms with E-state index in [2.05, 4.69) is 71.3 Å². The molecule has 0 saturated carbocycles. The number of methoxy groups -OCH3 is 1. The van der Waals surface area contributed by atoms with Crippen molar-refractivity contribution >= 4 is 5.69 Å². The number of nitrogens with zero attached hydrogens (tertiary/aromatic N) is 1. The second-order valence-corrected chi connectivity index (χ2v) is 6.80. The molecule has 1 heterocycles. The Morgan fingerprint density at radius 2 is 1.70 bits per heavy atom. The summed E-state index contributed by atoms with van der Waals surface area (Å²) >= 11 is 0. The molecule has 0 N–H and O–H groups in total. The van der Waals surface area contributed by atoms with E-state index in [9.17, 15) is 0 Å². The van der Waals surface area contributed by atoms with E-state index in [0.29, 0.717) is 0 Å². The summed E-state index contributed by atoms with van der Waals surface area (Å²) in [6, 6.07) is 27.4. The molecule has 0 aromatic heterocycles. The van der Waals surface area contributed by atoms with E-state index in [-0.39, 0.29) is 6.04 Å². The van der Waals surface area contributed by atoms with Crippen LogP contribution in [-0.2, 0) is 13.0 Å². The van der Waals surface area contributed by atoms with Gasteiger partial charge in [-0.25, -0.2) is 0 Å². The lowest BCUT2D eigenvalue weighted by Crippen LogP contribution is -2.38. The maximum absolute atomic E-state index is 5.42. The van der Waals surface area contributed by atoms with Gasteiger partial charge in [-0.15, -0.1) is 0 Å². The Balaban J connectivity index is 1.68. The molecule has 2 heteroatoms. The zero-order valence-electron chi connectivity index (χ0n) is 15.6. The lowest BCUT2D eigenvalue weighted by atomic mass is 9.94. The molecule has 2 nitrogen and oxygen atoms in total. The minimum absolute atomic E-state index is 0.200. The van der Waals surface area contributed by atoms with Crippen LogP contribution in [0.4, 0.5) is 5.69 Å². The van der Waals surface area contributed by atoms with Gasteiger partial charge in [-0.2, -0.15) is 0 Å². The van der Waals surface area contributed by atoms with Crippen molar-refractivity contribution in [1.29, 1.82) is 0 Å². The van der Waals surface area contributed by atoms with Gasteiger partial charge in [0.1, 0.15) is 5.75 Å². The highest BCUT2D eigenvalue weighted by Gasteiger charge is 2.25. The van der Waals surface area contributed by atoms with Crippen LogP contribution in [0.5, 0.6) is 5.75 Å². The first-order valence-corrected chi connectivity index (χ1v) is 9.37. The van der Waals surface area contributed by atoms with Gasteiger partial charge in [0, 0.05) is 17.8 Å². The molecule has 0 spiro atoms. The normalized spacial score (nSPS) is 15.4. The van der Waals surface area contributed by atoms with Crippen molar-refractivity contribution in [3.05, 3.63) is 95.6 Å². The summed E-state index contributed by atoms with van der Waals surface area (Å²) in [4.78, 5) is 2.43. The predicted molar refractivity (Wildman–Crippen MR) is 111 cm³/mol. The number of hydrogen-bond donors (Lipinski definition) is 0. The van der Waals surface area contributed by atoms with Crippen molar-refractivity contribution < 1.29 is 4.74 Å². The number of benzene rings is 3. The summed E-state index contributed by atoms with van der Waals surface area (Å²) in [7, 11) is 1.72. The van der Waals surface area contributed by atoms with Crippen LogP contribution in [0.3, 0.4) is 0 Å². The van der Waals surface area contributed by atoms with E-state index in [1.807, 2.05) is 24.3 Å². The van der Waals surface area contributed by atoms with Gasteiger partial charge >= 0.3 is 0 Å². The fourth-order valence-corrected chi connectivity index (χ4v) is 3.60. The molecule has 0 saturated heterocycles. The van der Waals surface area contributed by atoms with Crippen LogP contribution < -0.4 is 9.64 Å². The van der Waals surface area contributed by atoms with Gasteiger partial charge in [0.05, 0.1) is 13.2 Å². The van der Waals surface area contributed by atoms with E-state index in [1.54, 1.807) is 7.11 Å². The fourth-order valence-electron chi connectivity index (χ4n) is 3.60. The minimum Gasteiger partial charge on any atom is -0.497 e.